The molecule has 0 spiro atoms. The van der Waals surface area contributed by atoms with Gasteiger partial charge in [0.25, 0.3) is 0 Å². The first-order valence-corrected chi connectivity index (χ1v) is 12.7. The Kier molecular flexibility index (Phi) is 8.92. The van der Waals surface area contributed by atoms with Crippen molar-refractivity contribution in [2.45, 2.75) is 38.3 Å². The normalized spacial score (nSPS) is 12.7. The van der Waals surface area contributed by atoms with Crippen LogP contribution in [0, 0.1) is 5.82 Å². The number of nitrogens with zero attached hydrogens (tertiary/aromatic N) is 1. The van der Waals surface area contributed by atoms with E-state index in [1.165, 1.54) is 17.0 Å². The highest BCUT2D eigenvalue weighted by atomic mass is 19.4. The Hall–Kier alpha value is -4.05. The third-order valence-corrected chi connectivity index (χ3v) is 6.58. The maximum absolute atomic E-state index is 14.9. The van der Waals surface area contributed by atoms with Crippen molar-refractivity contribution in [3.05, 3.63) is 125 Å². The van der Waals surface area contributed by atoms with Crippen LogP contribution in [0.3, 0.4) is 0 Å². The van der Waals surface area contributed by atoms with E-state index < -0.39 is 41.9 Å². The first-order chi connectivity index (χ1) is 19.4. The number of aliphatic hydroxyl groups is 1. The lowest BCUT2D eigenvalue weighted by molar-refractivity contribution is -0.138. The molecule has 216 valence electrons. The van der Waals surface area contributed by atoms with Crippen LogP contribution in [0.4, 0.5) is 36.4 Å². The molecule has 0 aromatic heterocycles. The fraction of sp³-hybridized carbons (Fsp3) is 0.226. The van der Waals surface area contributed by atoms with Crippen LogP contribution in [0.25, 0.3) is 0 Å². The summed E-state index contributed by atoms with van der Waals surface area (Å²) in [6.45, 7) is 1.11. The lowest BCUT2D eigenvalue weighted by atomic mass is 10.0. The van der Waals surface area contributed by atoms with Gasteiger partial charge in [0.05, 0.1) is 23.8 Å². The fourth-order valence-corrected chi connectivity index (χ4v) is 4.39. The molecule has 0 saturated carbocycles. The molecule has 0 aliphatic rings. The summed E-state index contributed by atoms with van der Waals surface area (Å²) in [6, 6.07) is 19.3. The van der Waals surface area contributed by atoms with E-state index in [9.17, 15) is 35.8 Å². The van der Waals surface area contributed by atoms with Crippen molar-refractivity contribution in [1.29, 1.82) is 0 Å². The third kappa shape index (κ3) is 7.38. The SMILES string of the molecule is CCc1cccc(Oc2cccc(N(Cc3ccc(C(F)(F)F)cc3F)C(CO)c3ccc(C(F)(F)F)cc3)c2)c1. The van der Waals surface area contributed by atoms with Crippen LogP contribution < -0.4 is 9.64 Å². The molecule has 0 amide bonds. The molecule has 4 aromatic carbocycles. The van der Waals surface area contributed by atoms with E-state index in [4.69, 9.17) is 4.74 Å². The van der Waals surface area contributed by atoms with Gasteiger partial charge in [-0.25, -0.2) is 4.39 Å². The van der Waals surface area contributed by atoms with E-state index in [2.05, 4.69) is 0 Å². The quantitative estimate of drug-likeness (QED) is 0.202. The minimum atomic E-state index is -4.74. The average Bonchev–Trinajstić information content (AvgIpc) is 2.93. The first kappa shape index (κ1) is 29.9. The summed E-state index contributed by atoms with van der Waals surface area (Å²) in [5.74, 6) is -0.168. The lowest BCUT2D eigenvalue weighted by Crippen LogP contribution is -2.31. The number of ether oxygens (including phenoxy) is 1. The molecular formula is C31H26F7NO2. The van der Waals surface area contributed by atoms with Gasteiger partial charge in [-0.2, -0.15) is 26.3 Å². The number of benzene rings is 4. The molecule has 1 unspecified atom stereocenters. The first-order valence-electron chi connectivity index (χ1n) is 12.7. The summed E-state index contributed by atoms with van der Waals surface area (Å²) in [6.07, 6.45) is -8.53. The fourth-order valence-electron chi connectivity index (χ4n) is 4.39. The Labute approximate surface area is 232 Å². The number of halogens is 7. The van der Waals surface area contributed by atoms with Crippen LogP contribution in [0.5, 0.6) is 11.5 Å². The van der Waals surface area contributed by atoms with Crippen LogP contribution in [0.15, 0.2) is 91.0 Å². The maximum Gasteiger partial charge on any atom is 0.416 e. The second-order valence-corrected chi connectivity index (χ2v) is 9.35. The van der Waals surface area contributed by atoms with Crippen molar-refractivity contribution in [3.8, 4) is 11.5 Å². The summed E-state index contributed by atoms with van der Waals surface area (Å²) in [5, 5.41) is 10.4. The topological polar surface area (TPSA) is 32.7 Å². The van der Waals surface area contributed by atoms with Gasteiger partial charge in [-0.05, 0) is 66.1 Å². The zero-order valence-electron chi connectivity index (χ0n) is 21.8. The van der Waals surface area contributed by atoms with E-state index >= 15 is 0 Å². The van der Waals surface area contributed by atoms with Gasteiger partial charge in [-0.15, -0.1) is 0 Å². The predicted molar refractivity (Wildman–Crippen MR) is 141 cm³/mol. The number of aliphatic hydroxyl groups excluding tert-OH is 1. The van der Waals surface area contributed by atoms with Gasteiger partial charge < -0.3 is 14.7 Å². The zero-order chi connectivity index (χ0) is 29.8. The Morgan fingerprint density at radius 1 is 0.756 bits per heavy atom. The third-order valence-electron chi connectivity index (χ3n) is 6.58. The second-order valence-electron chi connectivity index (χ2n) is 9.35. The largest absolute Gasteiger partial charge is 0.457 e. The summed E-state index contributed by atoms with van der Waals surface area (Å²) < 4.78 is 99.7. The van der Waals surface area contributed by atoms with Crippen molar-refractivity contribution in [3.63, 3.8) is 0 Å². The monoisotopic (exact) mass is 577 g/mol. The molecule has 0 bridgehead atoms. The van der Waals surface area contributed by atoms with Crippen LogP contribution in [0.1, 0.15) is 40.8 Å². The standard InChI is InChI=1S/C31H26F7NO2/c1-2-20-5-3-7-26(15-20)41-27-8-4-6-25(17-27)39(18-22-11-14-24(16-28(22)32)31(36,37)38)29(19-40)21-9-12-23(13-10-21)30(33,34)35/h3-17,29,40H,2,18-19H2,1H3. The highest BCUT2D eigenvalue weighted by Gasteiger charge is 2.32. The summed E-state index contributed by atoms with van der Waals surface area (Å²) in [4.78, 5) is 1.50. The second kappa shape index (κ2) is 12.2. The molecule has 0 fully saturated rings. The van der Waals surface area contributed by atoms with Gasteiger partial charge in [-0.1, -0.05) is 43.3 Å². The van der Waals surface area contributed by atoms with Gasteiger partial charge >= 0.3 is 12.4 Å². The number of hydrogen-bond acceptors (Lipinski definition) is 3. The van der Waals surface area contributed by atoms with Gasteiger partial charge in [-0.3, -0.25) is 0 Å². The van der Waals surface area contributed by atoms with E-state index in [0.717, 1.165) is 36.2 Å². The molecule has 0 heterocycles. The molecule has 1 atom stereocenters. The predicted octanol–water partition coefficient (Wildman–Crippen LogP) is 8.96. The minimum absolute atomic E-state index is 0.106. The number of rotatable bonds is 9. The lowest BCUT2D eigenvalue weighted by Gasteiger charge is -2.34. The van der Waals surface area contributed by atoms with Gasteiger partial charge in [0, 0.05) is 23.9 Å². The Morgan fingerprint density at radius 2 is 1.37 bits per heavy atom. The molecule has 3 nitrogen and oxygen atoms in total. The number of alkyl halides is 6. The van der Waals surface area contributed by atoms with Crippen molar-refractivity contribution >= 4 is 5.69 Å². The van der Waals surface area contributed by atoms with Crippen molar-refractivity contribution in [2.24, 2.45) is 0 Å². The molecule has 0 aliphatic heterocycles. The summed E-state index contributed by atoms with van der Waals surface area (Å²) >= 11 is 0. The Bertz CT molecular complexity index is 1470. The van der Waals surface area contributed by atoms with E-state index in [-0.39, 0.29) is 17.7 Å². The average molecular weight is 578 g/mol. The van der Waals surface area contributed by atoms with Crippen LogP contribution in [-0.4, -0.2) is 11.7 Å². The maximum atomic E-state index is 14.9. The Morgan fingerprint density at radius 3 is 1.95 bits per heavy atom. The molecule has 1 N–H and O–H groups in total. The number of hydrogen-bond donors (Lipinski definition) is 1. The highest BCUT2D eigenvalue weighted by Crippen LogP contribution is 2.36. The molecule has 0 saturated heterocycles. The van der Waals surface area contributed by atoms with Crippen molar-refractivity contribution < 1.29 is 40.6 Å². The van der Waals surface area contributed by atoms with Gasteiger partial charge in [0.15, 0.2) is 0 Å². The van der Waals surface area contributed by atoms with Crippen molar-refractivity contribution in [1.82, 2.24) is 0 Å². The van der Waals surface area contributed by atoms with Crippen LogP contribution in [0.2, 0.25) is 0 Å². The van der Waals surface area contributed by atoms with E-state index in [1.54, 1.807) is 30.3 Å². The van der Waals surface area contributed by atoms with Crippen LogP contribution >= 0.6 is 0 Å². The molecule has 0 aliphatic carbocycles. The summed E-state index contributed by atoms with van der Waals surface area (Å²) in [7, 11) is 0. The van der Waals surface area contributed by atoms with E-state index in [1.807, 2.05) is 25.1 Å². The molecule has 4 rings (SSSR count). The molecule has 0 radical (unpaired) electrons. The van der Waals surface area contributed by atoms with E-state index in [0.29, 0.717) is 23.3 Å². The van der Waals surface area contributed by atoms with Crippen LogP contribution in [-0.2, 0) is 25.3 Å². The smallest absolute Gasteiger partial charge is 0.416 e. The van der Waals surface area contributed by atoms with Gasteiger partial charge in [0.1, 0.15) is 17.3 Å². The number of aryl methyl sites for hydroxylation is 1. The van der Waals surface area contributed by atoms with Crippen molar-refractivity contribution in [2.75, 3.05) is 11.5 Å². The number of anilines is 1. The minimum Gasteiger partial charge on any atom is -0.457 e. The molecular weight excluding hydrogens is 551 g/mol. The molecule has 10 heteroatoms. The van der Waals surface area contributed by atoms with Gasteiger partial charge in [0.2, 0.25) is 0 Å². The molecule has 41 heavy (non-hydrogen) atoms. The highest BCUT2D eigenvalue weighted by molar-refractivity contribution is 5.54. The molecule has 4 aromatic rings. The summed E-state index contributed by atoms with van der Waals surface area (Å²) in [5.41, 5.74) is -0.423. The Balaban J connectivity index is 1.74. The zero-order valence-corrected chi connectivity index (χ0v) is 21.8.